The molecule has 1 amide bonds. The van der Waals surface area contributed by atoms with Crippen molar-refractivity contribution in [2.75, 3.05) is 18.4 Å². The van der Waals surface area contributed by atoms with Crippen molar-refractivity contribution in [3.05, 3.63) is 58.1 Å². The van der Waals surface area contributed by atoms with Gasteiger partial charge in [0.1, 0.15) is 0 Å². The van der Waals surface area contributed by atoms with Crippen molar-refractivity contribution in [3.8, 4) is 0 Å². The number of anilines is 1. The quantitative estimate of drug-likeness (QED) is 0.569. The molecule has 2 aromatic carbocycles. The van der Waals surface area contributed by atoms with E-state index in [1.807, 2.05) is 26.0 Å². The summed E-state index contributed by atoms with van der Waals surface area (Å²) in [6.45, 7) is 7.26. The van der Waals surface area contributed by atoms with Crippen LogP contribution in [0, 0.1) is 19.8 Å². The van der Waals surface area contributed by atoms with Gasteiger partial charge in [-0.25, -0.2) is 13.1 Å². The molecule has 9 heteroatoms. The number of piperidine rings is 1. The standard InChI is InChI=1S/C22H28ClN3O3S.ClH/c1-14-6-4-5-7-18(14)22(27)25-20-12-15(2)21(13-19(20)23)30(28,29)26-16(3)17-8-10-24-11-9-17;/h4-7,12-13,16-17,24,26H,8-11H2,1-3H3,(H,25,27);1H/t16-;/m1./s1. The number of amides is 1. The molecular weight excluding hydrogens is 457 g/mol. The Bertz CT molecular complexity index is 1040. The SMILES string of the molecule is Cc1ccccc1C(=O)Nc1cc(C)c(S(=O)(=O)N[C@H](C)C2CCNCC2)cc1Cl.Cl. The third-order valence-electron chi connectivity index (χ3n) is 5.62. The maximum absolute atomic E-state index is 13.0. The average molecular weight is 486 g/mol. The van der Waals surface area contributed by atoms with Gasteiger partial charge in [-0.3, -0.25) is 4.79 Å². The fraction of sp³-hybridized carbons (Fsp3) is 0.409. The highest BCUT2D eigenvalue weighted by Crippen LogP contribution is 2.30. The van der Waals surface area contributed by atoms with E-state index in [1.165, 1.54) is 6.07 Å². The van der Waals surface area contributed by atoms with E-state index in [0.717, 1.165) is 31.5 Å². The highest BCUT2D eigenvalue weighted by Gasteiger charge is 2.27. The van der Waals surface area contributed by atoms with Gasteiger partial charge >= 0.3 is 0 Å². The summed E-state index contributed by atoms with van der Waals surface area (Å²) in [5.41, 5.74) is 2.29. The number of sulfonamides is 1. The molecule has 2 aromatic rings. The molecule has 0 radical (unpaired) electrons. The van der Waals surface area contributed by atoms with E-state index < -0.39 is 10.0 Å². The Balaban J connectivity index is 0.00000341. The van der Waals surface area contributed by atoms with Gasteiger partial charge in [0.15, 0.2) is 0 Å². The topological polar surface area (TPSA) is 87.3 Å². The number of halogens is 2. The lowest BCUT2D eigenvalue weighted by Crippen LogP contribution is -2.42. The van der Waals surface area contributed by atoms with Crippen LogP contribution in [-0.4, -0.2) is 33.5 Å². The first kappa shape index (κ1) is 25.6. The highest BCUT2D eigenvalue weighted by atomic mass is 35.5. The summed E-state index contributed by atoms with van der Waals surface area (Å²) in [5, 5.41) is 6.25. The molecule has 6 nitrogen and oxygen atoms in total. The van der Waals surface area contributed by atoms with Crippen molar-refractivity contribution < 1.29 is 13.2 Å². The molecule has 1 aliphatic rings. The van der Waals surface area contributed by atoms with Crippen LogP contribution in [0.5, 0.6) is 0 Å². The van der Waals surface area contributed by atoms with Gasteiger partial charge in [-0.1, -0.05) is 29.8 Å². The zero-order valence-electron chi connectivity index (χ0n) is 17.9. The van der Waals surface area contributed by atoms with Gasteiger partial charge in [0, 0.05) is 11.6 Å². The average Bonchev–Trinajstić information content (AvgIpc) is 2.71. The third kappa shape index (κ3) is 6.20. The Kier molecular flexibility index (Phi) is 8.92. The zero-order chi connectivity index (χ0) is 21.9. The molecule has 0 bridgehead atoms. The second kappa shape index (κ2) is 10.8. The Morgan fingerprint density at radius 1 is 1.13 bits per heavy atom. The molecule has 31 heavy (non-hydrogen) atoms. The minimum absolute atomic E-state index is 0. The smallest absolute Gasteiger partial charge is 0.255 e. The fourth-order valence-electron chi connectivity index (χ4n) is 3.81. The van der Waals surface area contributed by atoms with Gasteiger partial charge in [-0.15, -0.1) is 12.4 Å². The number of nitrogens with one attached hydrogen (secondary N) is 3. The predicted molar refractivity (Wildman–Crippen MR) is 128 cm³/mol. The molecular formula is C22H29Cl2N3O3S. The van der Waals surface area contributed by atoms with Crippen molar-refractivity contribution in [3.63, 3.8) is 0 Å². The molecule has 0 saturated carbocycles. The minimum atomic E-state index is -3.73. The maximum Gasteiger partial charge on any atom is 0.255 e. The zero-order valence-corrected chi connectivity index (χ0v) is 20.3. The number of rotatable bonds is 6. The lowest BCUT2D eigenvalue weighted by atomic mass is 9.92. The number of aryl methyl sites for hydroxylation is 2. The Morgan fingerprint density at radius 3 is 2.42 bits per heavy atom. The molecule has 0 unspecified atom stereocenters. The van der Waals surface area contributed by atoms with Gasteiger partial charge in [0.05, 0.1) is 15.6 Å². The largest absolute Gasteiger partial charge is 0.321 e. The van der Waals surface area contributed by atoms with Crippen molar-refractivity contribution in [2.45, 2.75) is 44.6 Å². The first-order chi connectivity index (χ1) is 14.2. The van der Waals surface area contributed by atoms with E-state index in [1.54, 1.807) is 25.1 Å². The van der Waals surface area contributed by atoms with E-state index in [0.29, 0.717) is 22.7 Å². The van der Waals surface area contributed by atoms with Crippen LogP contribution >= 0.6 is 24.0 Å². The van der Waals surface area contributed by atoms with Crippen LogP contribution in [0.1, 0.15) is 41.3 Å². The van der Waals surface area contributed by atoms with Crippen molar-refractivity contribution in [1.82, 2.24) is 10.0 Å². The van der Waals surface area contributed by atoms with Crippen LogP contribution in [0.15, 0.2) is 41.3 Å². The van der Waals surface area contributed by atoms with Crippen molar-refractivity contribution in [1.29, 1.82) is 0 Å². The van der Waals surface area contributed by atoms with Gasteiger partial charge in [0.2, 0.25) is 10.0 Å². The molecule has 1 atom stereocenters. The molecule has 0 aliphatic carbocycles. The van der Waals surface area contributed by atoms with Gasteiger partial charge in [-0.2, -0.15) is 0 Å². The van der Waals surface area contributed by atoms with E-state index >= 15 is 0 Å². The lowest BCUT2D eigenvalue weighted by molar-refractivity contribution is 0.102. The predicted octanol–water partition coefficient (Wildman–Crippen LogP) is 4.30. The molecule has 3 N–H and O–H groups in total. The maximum atomic E-state index is 13.0. The number of carbonyl (C=O) groups excluding carboxylic acids is 1. The Morgan fingerprint density at radius 2 is 1.77 bits per heavy atom. The van der Waals surface area contributed by atoms with Crippen LogP contribution in [-0.2, 0) is 10.0 Å². The monoisotopic (exact) mass is 485 g/mol. The Hall–Kier alpha value is -1.64. The normalized spacial score (nSPS) is 15.7. The number of benzene rings is 2. The summed E-state index contributed by atoms with van der Waals surface area (Å²) < 4.78 is 28.8. The van der Waals surface area contributed by atoms with Crippen LogP contribution in [0.2, 0.25) is 5.02 Å². The van der Waals surface area contributed by atoms with Crippen LogP contribution in [0.3, 0.4) is 0 Å². The lowest BCUT2D eigenvalue weighted by Gasteiger charge is -2.28. The van der Waals surface area contributed by atoms with Crippen molar-refractivity contribution in [2.24, 2.45) is 5.92 Å². The summed E-state index contributed by atoms with van der Waals surface area (Å²) in [6, 6.07) is 10.1. The number of hydrogen-bond acceptors (Lipinski definition) is 4. The van der Waals surface area contributed by atoms with Crippen molar-refractivity contribution >= 4 is 45.6 Å². The molecule has 3 rings (SSSR count). The minimum Gasteiger partial charge on any atom is -0.321 e. The van der Waals surface area contributed by atoms with Gasteiger partial charge < -0.3 is 10.6 Å². The third-order valence-corrected chi connectivity index (χ3v) is 7.64. The van der Waals surface area contributed by atoms with Gasteiger partial charge in [0.25, 0.3) is 5.91 Å². The molecule has 1 aliphatic heterocycles. The molecule has 0 aromatic heterocycles. The van der Waals surface area contributed by atoms with Crippen LogP contribution < -0.4 is 15.4 Å². The molecule has 0 spiro atoms. The second-order valence-corrected chi connectivity index (χ2v) is 9.95. The Labute approximate surface area is 195 Å². The second-order valence-electron chi connectivity index (χ2n) is 7.86. The summed E-state index contributed by atoms with van der Waals surface area (Å²) in [6.07, 6.45) is 1.88. The summed E-state index contributed by atoms with van der Waals surface area (Å²) in [7, 11) is -3.73. The van der Waals surface area contributed by atoms with E-state index in [9.17, 15) is 13.2 Å². The highest BCUT2D eigenvalue weighted by molar-refractivity contribution is 7.89. The van der Waals surface area contributed by atoms with E-state index in [2.05, 4.69) is 15.4 Å². The summed E-state index contributed by atoms with van der Waals surface area (Å²) in [4.78, 5) is 12.7. The summed E-state index contributed by atoms with van der Waals surface area (Å²) >= 11 is 6.35. The van der Waals surface area contributed by atoms with E-state index in [4.69, 9.17) is 11.6 Å². The van der Waals surface area contributed by atoms with Crippen LogP contribution in [0.4, 0.5) is 5.69 Å². The molecule has 1 saturated heterocycles. The number of carbonyl (C=O) groups is 1. The van der Waals surface area contributed by atoms with Crippen LogP contribution in [0.25, 0.3) is 0 Å². The number of hydrogen-bond donors (Lipinski definition) is 3. The van der Waals surface area contributed by atoms with E-state index in [-0.39, 0.29) is 34.3 Å². The molecule has 1 fully saturated rings. The molecule has 1 heterocycles. The summed E-state index contributed by atoms with van der Waals surface area (Å²) in [5.74, 6) is 0.00661. The molecule has 170 valence electrons. The fourth-order valence-corrected chi connectivity index (χ4v) is 5.65. The first-order valence-electron chi connectivity index (χ1n) is 10.1. The first-order valence-corrected chi connectivity index (χ1v) is 12.0. The van der Waals surface area contributed by atoms with Gasteiger partial charge in [-0.05, 0) is 81.9 Å².